The van der Waals surface area contributed by atoms with Gasteiger partial charge in [0.25, 0.3) is 5.91 Å². The first-order chi connectivity index (χ1) is 15.4. The third-order valence-electron chi connectivity index (χ3n) is 8.53. The van der Waals surface area contributed by atoms with Crippen molar-refractivity contribution in [2.24, 2.45) is 5.92 Å². The van der Waals surface area contributed by atoms with Crippen molar-refractivity contribution in [3.05, 3.63) is 22.5 Å². The molecule has 3 unspecified atom stereocenters. The number of nitrogens with one attached hydrogen (secondary N) is 2. The van der Waals surface area contributed by atoms with Crippen LogP contribution in [0.4, 0.5) is 5.82 Å². The number of carbonyl (C=O) groups excluding carboxylic acids is 1. The van der Waals surface area contributed by atoms with Crippen LogP contribution in [0.25, 0.3) is 10.8 Å². The van der Waals surface area contributed by atoms with Crippen LogP contribution >= 0.6 is 0 Å². The Morgan fingerprint density at radius 1 is 1.16 bits per heavy atom. The number of aromatic nitrogens is 2. The molecule has 0 aromatic carbocycles. The molecule has 3 saturated heterocycles. The van der Waals surface area contributed by atoms with Gasteiger partial charge >= 0.3 is 0 Å². The SMILES string of the molecule is Cc1nc2c3c(nc(C(=O)N[C@]45COC[C@H]4C5)c(C)c3c1C)N1CC3CCC(N3)C1CO2. The van der Waals surface area contributed by atoms with Crippen LogP contribution in [0.3, 0.4) is 0 Å². The van der Waals surface area contributed by atoms with Crippen LogP contribution in [0, 0.1) is 26.7 Å². The zero-order chi connectivity index (χ0) is 21.8. The predicted octanol–water partition coefficient (Wildman–Crippen LogP) is 1.78. The Labute approximate surface area is 187 Å². The molecule has 0 spiro atoms. The van der Waals surface area contributed by atoms with Gasteiger partial charge < -0.3 is 25.0 Å². The van der Waals surface area contributed by atoms with Crippen LogP contribution < -0.4 is 20.3 Å². The molecule has 4 aliphatic heterocycles. The molecule has 1 saturated carbocycles. The number of anilines is 1. The van der Waals surface area contributed by atoms with Crippen LogP contribution in [-0.4, -0.2) is 65.9 Å². The number of aryl methyl sites for hydroxylation is 3. The Hall–Kier alpha value is -2.45. The molecule has 8 nitrogen and oxygen atoms in total. The minimum absolute atomic E-state index is 0.0936. The standard InChI is InChI=1S/C24H29N5O3/c1-11-13(3)25-23-19-18(11)12(2)20(22(30)28-24-6-14(24)8-31-10-24)27-21(19)29-7-15-4-5-16(26-15)17(29)9-32-23/h14-17,26H,4-10H2,1-3H3,(H,28,30)/t14-,15?,16?,17?,24-/m1/s1. The van der Waals surface area contributed by atoms with Gasteiger partial charge in [0.2, 0.25) is 5.88 Å². The number of pyridine rings is 2. The van der Waals surface area contributed by atoms with Gasteiger partial charge in [0.1, 0.15) is 18.1 Å². The van der Waals surface area contributed by atoms with E-state index < -0.39 is 0 Å². The van der Waals surface area contributed by atoms with Crippen LogP contribution in [0.1, 0.15) is 46.6 Å². The van der Waals surface area contributed by atoms with Crippen molar-refractivity contribution in [3.8, 4) is 5.88 Å². The average molecular weight is 436 g/mol. The van der Waals surface area contributed by atoms with E-state index in [1.165, 1.54) is 6.42 Å². The number of ether oxygens (including phenoxy) is 2. The Balaban J connectivity index is 1.42. The fraction of sp³-hybridized carbons (Fsp3) is 0.625. The van der Waals surface area contributed by atoms with Gasteiger partial charge in [-0.15, -0.1) is 0 Å². The van der Waals surface area contributed by atoms with E-state index in [-0.39, 0.29) is 17.5 Å². The first-order valence-corrected chi connectivity index (χ1v) is 11.8. The maximum absolute atomic E-state index is 13.5. The molecule has 8 heteroatoms. The van der Waals surface area contributed by atoms with Gasteiger partial charge in [-0.2, -0.15) is 0 Å². The molecular formula is C24H29N5O3. The van der Waals surface area contributed by atoms with E-state index >= 15 is 0 Å². The molecule has 0 radical (unpaired) electrons. The molecule has 168 valence electrons. The largest absolute Gasteiger partial charge is 0.475 e. The first kappa shape index (κ1) is 19.1. The fourth-order valence-electron chi connectivity index (χ4n) is 6.48. The summed E-state index contributed by atoms with van der Waals surface area (Å²) in [5, 5.41) is 9.04. The number of hydrogen-bond acceptors (Lipinski definition) is 7. The van der Waals surface area contributed by atoms with E-state index in [4.69, 9.17) is 19.4 Å². The van der Waals surface area contributed by atoms with E-state index in [0.717, 1.165) is 59.4 Å². The van der Waals surface area contributed by atoms with Crippen LogP contribution in [0.15, 0.2) is 0 Å². The van der Waals surface area contributed by atoms with Crippen molar-refractivity contribution in [3.63, 3.8) is 0 Å². The molecule has 7 rings (SSSR count). The summed E-state index contributed by atoms with van der Waals surface area (Å²) in [5.41, 5.74) is 3.25. The summed E-state index contributed by atoms with van der Waals surface area (Å²) in [6.45, 7) is 8.91. The molecular weight excluding hydrogens is 406 g/mol. The Bertz CT molecular complexity index is 1180. The van der Waals surface area contributed by atoms with E-state index in [0.29, 0.717) is 42.8 Å². The maximum atomic E-state index is 13.5. The Morgan fingerprint density at radius 3 is 2.81 bits per heavy atom. The lowest BCUT2D eigenvalue weighted by Crippen LogP contribution is -2.60. The molecule has 2 aromatic heterocycles. The third-order valence-corrected chi connectivity index (χ3v) is 8.53. The maximum Gasteiger partial charge on any atom is 0.270 e. The Morgan fingerprint density at radius 2 is 2.03 bits per heavy atom. The lowest BCUT2D eigenvalue weighted by atomic mass is 9.98. The van der Waals surface area contributed by atoms with E-state index in [1.54, 1.807) is 0 Å². The fourth-order valence-corrected chi connectivity index (χ4v) is 6.48. The van der Waals surface area contributed by atoms with Gasteiger partial charge in [-0.3, -0.25) is 4.79 Å². The molecule has 5 atom stereocenters. The highest BCUT2D eigenvalue weighted by atomic mass is 16.5. The number of piperazine rings is 1. The number of nitrogens with zero attached hydrogens (tertiary/aromatic N) is 3. The summed E-state index contributed by atoms with van der Waals surface area (Å²) < 4.78 is 11.9. The topological polar surface area (TPSA) is 88.6 Å². The quantitative estimate of drug-likeness (QED) is 0.743. The molecule has 5 aliphatic rings. The highest BCUT2D eigenvalue weighted by Gasteiger charge is 2.59. The Kier molecular flexibility index (Phi) is 3.76. The highest BCUT2D eigenvalue weighted by Crippen LogP contribution is 2.49. The van der Waals surface area contributed by atoms with Crippen molar-refractivity contribution in [1.29, 1.82) is 0 Å². The van der Waals surface area contributed by atoms with Gasteiger partial charge in [-0.1, -0.05) is 0 Å². The predicted molar refractivity (Wildman–Crippen MR) is 119 cm³/mol. The molecule has 2 N–H and O–H groups in total. The van der Waals surface area contributed by atoms with Crippen molar-refractivity contribution >= 4 is 22.5 Å². The summed E-state index contributed by atoms with van der Waals surface area (Å²) in [6, 6.07) is 1.02. The smallest absolute Gasteiger partial charge is 0.270 e. The van der Waals surface area contributed by atoms with E-state index in [9.17, 15) is 4.79 Å². The summed E-state index contributed by atoms with van der Waals surface area (Å²) in [6.07, 6.45) is 3.31. The van der Waals surface area contributed by atoms with Gasteiger partial charge in [-0.05, 0) is 51.2 Å². The summed E-state index contributed by atoms with van der Waals surface area (Å²) in [4.78, 5) is 25.8. The molecule has 1 aliphatic carbocycles. The second kappa shape index (κ2) is 6.32. The summed E-state index contributed by atoms with van der Waals surface area (Å²) in [5.74, 6) is 1.85. The molecule has 2 aromatic rings. The third kappa shape index (κ3) is 2.48. The van der Waals surface area contributed by atoms with Crippen LogP contribution in [-0.2, 0) is 4.74 Å². The normalized spacial score (nSPS) is 34.0. The lowest BCUT2D eigenvalue weighted by Gasteiger charge is -2.40. The second-order valence-corrected chi connectivity index (χ2v) is 10.4. The highest BCUT2D eigenvalue weighted by molar-refractivity contribution is 6.07. The lowest BCUT2D eigenvalue weighted by molar-refractivity contribution is 0.0900. The van der Waals surface area contributed by atoms with Crippen molar-refractivity contribution < 1.29 is 14.3 Å². The number of fused-ring (bicyclic) bond motifs is 6. The van der Waals surface area contributed by atoms with Crippen molar-refractivity contribution in [2.45, 2.75) is 63.7 Å². The monoisotopic (exact) mass is 435 g/mol. The molecule has 4 fully saturated rings. The molecule has 1 amide bonds. The van der Waals surface area contributed by atoms with E-state index in [2.05, 4.69) is 22.5 Å². The van der Waals surface area contributed by atoms with Gasteiger partial charge in [0.15, 0.2) is 0 Å². The molecule has 6 heterocycles. The van der Waals surface area contributed by atoms with Gasteiger partial charge in [-0.25, -0.2) is 9.97 Å². The van der Waals surface area contributed by atoms with Gasteiger partial charge in [0.05, 0.1) is 30.2 Å². The minimum atomic E-state index is -0.192. The van der Waals surface area contributed by atoms with Crippen LogP contribution in [0.5, 0.6) is 5.88 Å². The first-order valence-electron chi connectivity index (χ1n) is 11.8. The van der Waals surface area contributed by atoms with Gasteiger partial charge in [0, 0.05) is 35.6 Å². The number of hydrogen-bond donors (Lipinski definition) is 2. The zero-order valence-electron chi connectivity index (χ0n) is 18.8. The van der Waals surface area contributed by atoms with Crippen molar-refractivity contribution in [2.75, 3.05) is 31.3 Å². The average Bonchev–Trinajstić information content (AvgIpc) is 3.13. The molecule has 32 heavy (non-hydrogen) atoms. The number of amides is 1. The summed E-state index contributed by atoms with van der Waals surface area (Å²) in [7, 11) is 0. The zero-order valence-corrected chi connectivity index (χ0v) is 18.8. The number of rotatable bonds is 2. The van der Waals surface area contributed by atoms with E-state index in [1.807, 2.05) is 13.8 Å². The van der Waals surface area contributed by atoms with Crippen LogP contribution in [0.2, 0.25) is 0 Å². The minimum Gasteiger partial charge on any atom is -0.475 e. The van der Waals surface area contributed by atoms with Crippen molar-refractivity contribution in [1.82, 2.24) is 20.6 Å². The second-order valence-electron chi connectivity index (χ2n) is 10.4. The number of carbonyl (C=O) groups is 1. The molecule has 2 bridgehead atoms. The summed E-state index contributed by atoms with van der Waals surface area (Å²) >= 11 is 0.